The van der Waals surface area contributed by atoms with Gasteiger partial charge in [-0.2, -0.15) is 4.98 Å². The minimum atomic E-state index is -0.456. The van der Waals surface area contributed by atoms with E-state index in [2.05, 4.69) is 51.0 Å². The van der Waals surface area contributed by atoms with Crippen LogP contribution in [-0.2, 0) is 17.9 Å². The molecule has 0 radical (unpaired) electrons. The highest BCUT2D eigenvalue weighted by Gasteiger charge is 2.21. The van der Waals surface area contributed by atoms with Crippen LogP contribution in [0.3, 0.4) is 0 Å². The van der Waals surface area contributed by atoms with Crippen molar-refractivity contribution in [1.29, 1.82) is 0 Å². The number of pyridine rings is 1. The Kier molecular flexibility index (Phi) is 8.04. The molecule has 1 fully saturated rings. The number of carbonyl (C=O) groups excluding carboxylic acids is 1. The van der Waals surface area contributed by atoms with Crippen LogP contribution in [0, 0.1) is 5.41 Å². The van der Waals surface area contributed by atoms with E-state index in [1.165, 1.54) is 17.7 Å². The largest absolute Gasteiger partial charge is 0.396 e. The van der Waals surface area contributed by atoms with Crippen LogP contribution in [0.25, 0.3) is 11.0 Å². The van der Waals surface area contributed by atoms with Gasteiger partial charge in [-0.1, -0.05) is 44.7 Å². The monoisotopic (exact) mass is 504 g/mol. The lowest BCUT2D eigenvalue weighted by Crippen LogP contribution is -2.47. The van der Waals surface area contributed by atoms with Crippen LogP contribution in [0.2, 0.25) is 0 Å². The average molecular weight is 505 g/mol. The van der Waals surface area contributed by atoms with E-state index in [0.717, 1.165) is 43.7 Å². The first-order chi connectivity index (χ1) is 17.7. The average Bonchev–Trinajstić information content (AvgIpc) is 2.90. The number of rotatable bonds is 9. The van der Waals surface area contributed by atoms with Gasteiger partial charge in [0, 0.05) is 68.9 Å². The molecule has 2 N–H and O–H groups in total. The molecule has 3 aromatic rings. The molecule has 1 aliphatic rings. The Morgan fingerprint density at radius 2 is 1.86 bits per heavy atom. The van der Waals surface area contributed by atoms with Crippen molar-refractivity contribution in [1.82, 2.24) is 24.3 Å². The van der Waals surface area contributed by atoms with Gasteiger partial charge in [-0.15, -0.1) is 0 Å². The first-order valence-electron chi connectivity index (χ1n) is 12.7. The Morgan fingerprint density at radius 3 is 2.51 bits per heavy atom. The lowest BCUT2D eigenvalue weighted by Gasteiger charge is -2.34. The zero-order chi connectivity index (χ0) is 26.6. The second-order valence-corrected chi connectivity index (χ2v) is 10.5. The second-order valence-electron chi connectivity index (χ2n) is 10.5. The van der Waals surface area contributed by atoms with Gasteiger partial charge in [0.2, 0.25) is 11.9 Å². The first kappa shape index (κ1) is 26.5. The predicted molar refractivity (Wildman–Crippen MR) is 145 cm³/mol. The van der Waals surface area contributed by atoms with E-state index in [0.29, 0.717) is 18.1 Å². The number of hydrogen-bond acceptors (Lipinski definition) is 7. The third kappa shape index (κ3) is 6.42. The number of hydrogen-bond donors (Lipinski definition) is 2. The van der Waals surface area contributed by atoms with Crippen molar-refractivity contribution in [2.75, 3.05) is 38.1 Å². The fraction of sp³-hybridized carbons (Fsp3) is 0.429. The Labute approximate surface area is 217 Å². The number of carbonyl (C=O) groups is 1. The highest BCUT2D eigenvalue weighted by atomic mass is 16.3. The van der Waals surface area contributed by atoms with Crippen molar-refractivity contribution < 1.29 is 9.90 Å². The fourth-order valence-corrected chi connectivity index (χ4v) is 4.47. The summed E-state index contributed by atoms with van der Waals surface area (Å²) >= 11 is 0. The molecule has 37 heavy (non-hydrogen) atoms. The van der Waals surface area contributed by atoms with E-state index in [4.69, 9.17) is 0 Å². The van der Waals surface area contributed by atoms with Crippen LogP contribution < -0.4 is 10.9 Å². The maximum Gasteiger partial charge on any atom is 0.252 e. The van der Waals surface area contributed by atoms with Gasteiger partial charge in [0.15, 0.2) is 0 Å². The van der Waals surface area contributed by atoms with Crippen molar-refractivity contribution in [3.8, 4) is 0 Å². The van der Waals surface area contributed by atoms with E-state index in [1.54, 1.807) is 16.8 Å². The Morgan fingerprint density at radius 1 is 1.16 bits per heavy atom. The first-order valence-corrected chi connectivity index (χ1v) is 12.7. The molecular weight excluding hydrogens is 468 g/mol. The van der Waals surface area contributed by atoms with Crippen molar-refractivity contribution in [3.05, 3.63) is 76.7 Å². The molecular formula is C28H36N6O3. The topological polar surface area (TPSA) is 104 Å². The number of anilines is 1. The highest BCUT2D eigenvalue weighted by Crippen LogP contribution is 2.22. The summed E-state index contributed by atoms with van der Waals surface area (Å²) in [4.78, 5) is 37.7. The summed E-state index contributed by atoms with van der Waals surface area (Å²) < 4.78 is 1.60. The molecule has 1 amide bonds. The third-order valence-electron chi connectivity index (χ3n) is 6.83. The minimum absolute atomic E-state index is 0.00170. The van der Waals surface area contributed by atoms with Crippen LogP contribution in [0.5, 0.6) is 0 Å². The third-order valence-corrected chi connectivity index (χ3v) is 6.83. The van der Waals surface area contributed by atoms with Gasteiger partial charge >= 0.3 is 0 Å². The number of fused-ring (bicyclic) bond motifs is 1. The molecule has 0 saturated carbocycles. The van der Waals surface area contributed by atoms with Crippen LogP contribution in [0.15, 0.2) is 60.0 Å². The van der Waals surface area contributed by atoms with Gasteiger partial charge in [-0.3, -0.25) is 19.1 Å². The Hall–Kier alpha value is -3.56. The van der Waals surface area contributed by atoms with Gasteiger partial charge < -0.3 is 15.3 Å². The molecule has 2 aromatic heterocycles. The molecule has 9 heteroatoms. The number of nitrogens with one attached hydrogen (secondary N) is 1. The maximum absolute atomic E-state index is 12.6. The quantitative estimate of drug-likeness (QED) is 0.432. The number of piperazine rings is 1. The molecule has 0 bridgehead atoms. The summed E-state index contributed by atoms with van der Waals surface area (Å²) in [6, 6.07) is 11.7. The van der Waals surface area contributed by atoms with Crippen molar-refractivity contribution >= 4 is 22.9 Å². The summed E-state index contributed by atoms with van der Waals surface area (Å²) in [6.45, 7) is 13.7. The number of benzene rings is 1. The zero-order valence-electron chi connectivity index (χ0n) is 21.9. The SMILES string of the molecule is C=CC(=O)N1CCN(Cc2ccc(C(C)Nc3ncc4ccc(=O)n(CC(C)(C)CO)c4n3)cc2)CC1. The van der Waals surface area contributed by atoms with Crippen molar-refractivity contribution in [2.45, 2.75) is 39.9 Å². The molecule has 0 spiro atoms. The zero-order valence-corrected chi connectivity index (χ0v) is 21.9. The van der Waals surface area contributed by atoms with Crippen LogP contribution in [0.1, 0.15) is 37.9 Å². The number of aliphatic hydroxyl groups is 1. The Bertz CT molecular complexity index is 1310. The standard InChI is InChI=1S/C28H36N6O3/c1-5-24(36)33-14-12-32(13-15-33)17-21-6-8-22(9-7-21)20(2)30-27-29-16-23-10-11-25(37)34(26(23)31-27)18-28(3,4)19-35/h5-11,16,20,35H,1,12-15,17-19H2,2-4H3,(H,29,30,31). The minimum Gasteiger partial charge on any atom is -0.396 e. The van der Waals surface area contributed by atoms with E-state index in [-0.39, 0.29) is 24.1 Å². The van der Waals surface area contributed by atoms with Crippen LogP contribution in [0.4, 0.5) is 5.95 Å². The van der Waals surface area contributed by atoms with Gasteiger partial charge in [-0.25, -0.2) is 4.98 Å². The number of aliphatic hydroxyl groups excluding tert-OH is 1. The molecule has 1 saturated heterocycles. The molecule has 4 rings (SSSR count). The summed E-state index contributed by atoms with van der Waals surface area (Å²) in [5, 5.41) is 13.8. The van der Waals surface area contributed by atoms with E-state index in [1.807, 2.05) is 25.7 Å². The molecule has 3 heterocycles. The number of aromatic nitrogens is 3. The summed E-state index contributed by atoms with van der Waals surface area (Å²) in [7, 11) is 0. The number of amides is 1. The van der Waals surface area contributed by atoms with E-state index < -0.39 is 5.41 Å². The second kappa shape index (κ2) is 11.2. The molecule has 9 nitrogen and oxygen atoms in total. The summed E-state index contributed by atoms with van der Waals surface area (Å²) in [5.74, 6) is 0.440. The van der Waals surface area contributed by atoms with E-state index >= 15 is 0 Å². The highest BCUT2D eigenvalue weighted by molar-refractivity contribution is 5.87. The maximum atomic E-state index is 12.6. The molecule has 196 valence electrons. The van der Waals surface area contributed by atoms with Crippen LogP contribution >= 0.6 is 0 Å². The molecule has 0 aliphatic carbocycles. The van der Waals surface area contributed by atoms with Gasteiger partial charge in [0.1, 0.15) is 5.65 Å². The summed E-state index contributed by atoms with van der Waals surface area (Å²) in [5.41, 5.74) is 2.25. The predicted octanol–water partition coefficient (Wildman–Crippen LogP) is 2.81. The molecule has 1 unspecified atom stereocenters. The fourth-order valence-electron chi connectivity index (χ4n) is 4.47. The van der Waals surface area contributed by atoms with Crippen molar-refractivity contribution in [2.24, 2.45) is 5.41 Å². The molecule has 1 aromatic carbocycles. The van der Waals surface area contributed by atoms with Gasteiger partial charge in [-0.05, 0) is 30.2 Å². The lowest BCUT2D eigenvalue weighted by molar-refractivity contribution is -0.127. The van der Waals surface area contributed by atoms with Gasteiger partial charge in [0.25, 0.3) is 5.56 Å². The van der Waals surface area contributed by atoms with Crippen molar-refractivity contribution in [3.63, 3.8) is 0 Å². The normalized spacial score (nSPS) is 15.5. The Balaban J connectivity index is 1.42. The smallest absolute Gasteiger partial charge is 0.252 e. The summed E-state index contributed by atoms with van der Waals surface area (Å²) in [6.07, 6.45) is 3.09. The number of nitrogens with zero attached hydrogens (tertiary/aromatic N) is 5. The van der Waals surface area contributed by atoms with E-state index in [9.17, 15) is 14.7 Å². The van der Waals surface area contributed by atoms with Gasteiger partial charge in [0.05, 0.1) is 6.04 Å². The molecule has 1 aliphatic heterocycles. The molecule has 1 atom stereocenters. The van der Waals surface area contributed by atoms with Crippen LogP contribution in [-0.4, -0.2) is 68.1 Å². The lowest BCUT2D eigenvalue weighted by atomic mass is 9.95.